The smallest absolute Gasteiger partial charge is 0.338 e. The van der Waals surface area contributed by atoms with Gasteiger partial charge in [-0.25, -0.2) is 9.48 Å². The summed E-state index contributed by atoms with van der Waals surface area (Å²) in [6.45, 7) is 3.87. The SMILES string of the molecule is CCOC(=O)C1=C(C)Nc2c(-c3ccc(Cl)cc3)cnn2C1c1cccc(O)c1. The molecule has 6 nitrogen and oxygen atoms in total. The molecule has 0 radical (unpaired) electrons. The number of allylic oxidation sites excluding steroid dienone is 1. The van der Waals surface area contributed by atoms with E-state index in [-0.39, 0.29) is 12.4 Å². The third-order valence-electron chi connectivity index (χ3n) is 4.86. The third kappa shape index (κ3) is 3.47. The predicted molar refractivity (Wildman–Crippen MR) is 112 cm³/mol. The molecule has 0 saturated carbocycles. The van der Waals surface area contributed by atoms with E-state index in [0.29, 0.717) is 16.3 Å². The fourth-order valence-corrected chi connectivity index (χ4v) is 3.70. The molecule has 0 bridgehead atoms. The Bertz CT molecular complexity index is 1100. The van der Waals surface area contributed by atoms with Crippen LogP contribution in [0.3, 0.4) is 0 Å². The summed E-state index contributed by atoms with van der Waals surface area (Å²) in [5.74, 6) is 0.458. The molecule has 2 N–H and O–H groups in total. The van der Waals surface area contributed by atoms with Crippen molar-refractivity contribution in [1.82, 2.24) is 9.78 Å². The molecule has 0 aliphatic carbocycles. The van der Waals surface area contributed by atoms with Gasteiger partial charge in [-0.2, -0.15) is 5.10 Å². The van der Waals surface area contributed by atoms with Gasteiger partial charge in [-0.3, -0.25) is 0 Å². The van der Waals surface area contributed by atoms with E-state index >= 15 is 0 Å². The molecule has 2 heterocycles. The molecule has 1 unspecified atom stereocenters. The number of nitrogens with zero attached hydrogens (tertiary/aromatic N) is 2. The maximum atomic E-state index is 12.8. The predicted octanol–water partition coefficient (Wildman–Crippen LogP) is 4.76. The van der Waals surface area contributed by atoms with Gasteiger partial charge >= 0.3 is 5.97 Å². The highest BCUT2D eigenvalue weighted by atomic mass is 35.5. The number of phenolic OH excluding ortho intramolecular Hbond substituents is 1. The maximum Gasteiger partial charge on any atom is 0.338 e. The first-order valence-electron chi connectivity index (χ1n) is 9.27. The monoisotopic (exact) mass is 409 g/mol. The Morgan fingerprint density at radius 2 is 2.03 bits per heavy atom. The molecule has 3 aromatic rings. The summed E-state index contributed by atoms with van der Waals surface area (Å²) < 4.78 is 7.05. The van der Waals surface area contributed by atoms with Crippen molar-refractivity contribution in [3.63, 3.8) is 0 Å². The second-order valence-electron chi connectivity index (χ2n) is 6.74. The third-order valence-corrected chi connectivity index (χ3v) is 5.11. The van der Waals surface area contributed by atoms with Crippen LogP contribution in [0.4, 0.5) is 5.82 Å². The molecule has 29 heavy (non-hydrogen) atoms. The summed E-state index contributed by atoms with van der Waals surface area (Å²) in [7, 11) is 0. The lowest BCUT2D eigenvalue weighted by atomic mass is 9.95. The van der Waals surface area contributed by atoms with Crippen LogP contribution in [-0.2, 0) is 9.53 Å². The van der Waals surface area contributed by atoms with Gasteiger partial charge in [0.2, 0.25) is 0 Å². The lowest BCUT2D eigenvalue weighted by molar-refractivity contribution is -0.139. The normalized spacial score (nSPS) is 15.6. The Morgan fingerprint density at radius 3 is 2.72 bits per heavy atom. The van der Waals surface area contributed by atoms with E-state index in [4.69, 9.17) is 16.3 Å². The zero-order valence-corrected chi connectivity index (χ0v) is 16.8. The molecule has 1 aliphatic heterocycles. The van der Waals surface area contributed by atoms with Gasteiger partial charge < -0.3 is 15.2 Å². The number of nitrogens with one attached hydrogen (secondary N) is 1. The van der Waals surface area contributed by atoms with Crippen LogP contribution in [0.5, 0.6) is 5.75 Å². The van der Waals surface area contributed by atoms with Crippen LogP contribution in [0.25, 0.3) is 11.1 Å². The first-order chi connectivity index (χ1) is 14.0. The van der Waals surface area contributed by atoms with E-state index in [1.165, 1.54) is 0 Å². The number of aromatic nitrogens is 2. The fraction of sp³-hybridized carbons (Fsp3) is 0.182. The zero-order valence-electron chi connectivity index (χ0n) is 16.0. The molecular weight excluding hydrogens is 390 g/mol. The number of benzene rings is 2. The molecule has 4 rings (SSSR count). The average Bonchev–Trinajstić information content (AvgIpc) is 3.11. The number of esters is 1. The first kappa shape index (κ1) is 19.1. The Kier molecular flexibility index (Phi) is 5.03. The fourth-order valence-electron chi connectivity index (χ4n) is 3.57. The number of ether oxygens (including phenoxy) is 1. The molecule has 1 atom stereocenters. The van der Waals surface area contributed by atoms with Crippen molar-refractivity contribution in [3.05, 3.63) is 76.6 Å². The topological polar surface area (TPSA) is 76.4 Å². The molecule has 1 aromatic heterocycles. The molecule has 0 fully saturated rings. The molecule has 7 heteroatoms. The summed E-state index contributed by atoms with van der Waals surface area (Å²) in [6.07, 6.45) is 1.75. The number of hydrogen-bond donors (Lipinski definition) is 2. The van der Waals surface area contributed by atoms with Crippen molar-refractivity contribution in [2.24, 2.45) is 0 Å². The van der Waals surface area contributed by atoms with E-state index in [1.54, 1.807) is 36.0 Å². The lowest BCUT2D eigenvalue weighted by Gasteiger charge is -2.29. The van der Waals surface area contributed by atoms with Gasteiger partial charge in [0, 0.05) is 16.3 Å². The van der Waals surface area contributed by atoms with Crippen LogP contribution in [0.2, 0.25) is 5.02 Å². The highest BCUT2D eigenvalue weighted by Gasteiger charge is 2.35. The summed E-state index contributed by atoms with van der Waals surface area (Å²) in [6, 6.07) is 13.8. The number of aromatic hydroxyl groups is 1. The second-order valence-corrected chi connectivity index (χ2v) is 7.18. The number of halogens is 1. The highest BCUT2D eigenvalue weighted by Crippen LogP contribution is 2.41. The van der Waals surface area contributed by atoms with Crippen molar-refractivity contribution in [2.45, 2.75) is 19.9 Å². The van der Waals surface area contributed by atoms with Gasteiger partial charge in [-0.1, -0.05) is 35.9 Å². The average molecular weight is 410 g/mol. The number of carbonyl (C=O) groups is 1. The van der Waals surface area contributed by atoms with E-state index in [0.717, 1.165) is 22.5 Å². The maximum absolute atomic E-state index is 12.8. The molecule has 0 spiro atoms. The van der Waals surface area contributed by atoms with Gasteiger partial charge in [0.1, 0.15) is 17.6 Å². The number of hydrogen-bond acceptors (Lipinski definition) is 5. The van der Waals surface area contributed by atoms with E-state index in [1.807, 2.05) is 37.3 Å². The van der Waals surface area contributed by atoms with Gasteiger partial charge in [0.25, 0.3) is 0 Å². The Labute approximate surface area is 173 Å². The van der Waals surface area contributed by atoms with E-state index in [9.17, 15) is 9.90 Å². The lowest BCUT2D eigenvalue weighted by Crippen LogP contribution is -2.29. The van der Waals surface area contributed by atoms with E-state index < -0.39 is 12.0 Å². The van der Waals surface area contributed by atoms with E-state index in [2.05, 4.69) is 10.4 Å². The minimum atomic E-state index is -0.529. The summed E-state index contributed by atoms with van der Waals surface area (Å²) >= 11 is 6.02. The largest absolute Gasteiger partial charge is 0.508 e. The number of rotatable bonds is 4. The summed E-state index contributed by atoms with van der Waals surface area (Å²) in [5.41, 5.74) is 3.70. The van der Waals surface area contributed by atoms with Gasteiger partial charge in [-0.05, 0) is 49.2 Å². The van der Waals surface area contributed by atoms with Gasteiger partial charge in [-0.15, -0.1) is 0 Å². The van der Waals surface area contributed by atoms with Gasteiger partial charge in [0.15, 0.2) is 0 Å². The minimum absolute atomic E-state index is 0.119. The molecule has 0 saturated heterocycles. The van der Waals surface area contributed by atoms with Crippen molar-refractivity contribution in [1.29, 1.82) is 0 Å². The van der Waals surface area contributed by atoms with Crippen molar-refractivity contribution in [2.75, 3.05) is 11.9 Å². The zero-order chi connectivity index (χ0) is 20.5. The quantitative estimate of drug-likeness (QED) is 0.607. The Hall–Kier alpha value is -3.25. The summed E-state index contributed by atoms with van der Waals surface area (Å²) in [5, 5.41) is 18.5. The van der Waals surface area contributed by atoms with Crippen molar-refractivity contribution < 1.29 is 14.6 Å². The second kappa shape index (κ2) is 7.64. The minimum Gasteiger partial charge on any atom is -0.508 e. The molecular formula is C22H20ClN3O3. The van der Waals surface area contributed by atoms with Crippen molar-refractivity contribution >= 4 is 23.4 Å². The first-order valence-corrected chi connectivity index (χ1v) is 9.64. The molecule has 1 aliphatic rings. The van der Waals surface area contributed by atoms with Crippen LogP contribution in [-0.4, -0.2) is 27.5 Å². The van der Waals surface area contributed by atoms with Crippen LogP contribution >= 0.6 is 11.6 Å². The Morgan fingerprint density at radius 1 is 1.28 bits per heavy atom. The molecule has 2 aromatic carbocycles. The standard InChI is InChI=1S/C22H20ClN3O3/c1-3-29-22(28)19-13(2)25-21-18(14-7-9-16(23)10-8-14)12-24-26(21)20(19)15-5-4-6-17(27)11-15/h4-12,20,25,27H,3H2,1-2H3. The van der Waals surface area contributed by atoms with Crippen LogP contribution in [0.1, 0.15) is 25.5 Å². The van der Waals surface area contributed by atoms with Gasteiger partial charge in [0.05, 0.1) is 18.4 Å². The van der Waals surface area contributed by atoms with Crippen LogP contribution in [0, 0.1) is 0 Å². The molecule has 0 amide bonds. The van der Waals surface area contributed by atoms with Crippen LogP contribution < -0.4 is 5.32 Å². The number of anilines is 1. The number of phenols is 1. The number of fused-ring (bicyclic) bond motifs is 1. The highest BCUT2D eigenvalue weighted by molar-refractivity contribution is 6.30. The Balaban J connectivity index is 1.89. The number of carbonyl (C=O) groups excluding carboxylic acids is 1. The molecule has 148 valence electrons. The van der Waals surface area contributed by atoms with Crippen LogP contribution in [0.15, 0.2) is 66.0 Å². The summed E-state index contributed by atoms with van der Waals surface area (Å²) in [4.78, 5) is 12.8. The van der Waals surface area contributed by atoms with Crippen molar-refractivity contribution in [3.8, 4) is 16.9 Å².